The molecule has 82 valence electrons. The Bertz CT molecular complexity index is 211. The minimum atomic E-state index is 0.214. The molecule has 14 heavy (non-hydrogen) atoms. The fourth-order valence-corrected chi connectivity index (χ4v) is 1.43. The third-order valence-electron chi connectivity index (χ3n) is 2.75. The van der Waals surface area contributed by atoms with Crippen LogP contribution in [-0.4, -0.2) is 5.78 Å². The normalized spacial score (nSPS) is 13.0. The van der Waals surface area contributed by atoms with Crippen LogP contribution >= 0.6 is 0 Å². The predicted molar refractivity (Wildman–Crippen MR) is 62.4 cm³/mol. The Morgan fingerprint density at radius 2 is 1.64 bits per heavy atom. The first-order chi connectivity index (χ1) is 6.45. The van der Waals surface area contributed by atoms with E-state index in [1.54, 1.807) is 6.92 Å². The molecule has 1 nitrogen and oxygen atoms in total. The molecule has 0 radical (unpaired) electrons. The second-order valence-corrected chi connectivity index (χ2v) is 4.60. The number of rotatable bonds is 6. The molecule has 0 aromatic rings. The van der Waals surface area contributed by atoms with E-state index in [1.165, 1.54) is 24.8 Å². The maximum Gasteiger partial charge on any atom is 0.155 e. The summed E-state index contributed by atoms with van der Waals surface area (Å²) >= 11 is 0. The fourth-order valence-electron chi connectivity index (χ4n) is 1.43. The molecule has 0 fully saturated rings. The molecule has 1 heteroatoms. The van der Waals surface area contributed by atoms with Crippen LogP contribution in [0, 0.1) is 5.92 Å². The van der Waals surface area contributed by atoms with Crippen LogP contribution in [0.3, 0.4) is 0 Å². The van der Waals surface area contributed by atoms with Crippen LogP contribution in [0.4, 0.5) is 0 Å². The minimum Gasteiger partial charge on any atom is -0.295 e. The van der Waals surface area contributed by atoms with E-state index in [-0.39, 0.29) is 5.78 Å². The number of Topliss-reactive ketones (excluding diaryl/α,β-unsaturated/α-hetero) is 1. The van der Waals surface area contributed by atoms with Gasteiger partial charge in [0, 0.05) is 0 Å². The number of unbranched alkanes of at least 4 members (excludes halogenated alkanes) is 1. The molecular weight excluding hydrogens is 172 g/mol. The van der Waals surface area contributed by atoms with Gasteiger partial charge in [-0.1, -0.05) is 32.3 Å². The Hall–Kier alpha value is -0.590. The first kappa shape index (κ1) is 13.4. The van der Waals surface area contributed by atoms with Crippen molar-refractivity contribution >= 4 is 5.78 Å². The van der Waals surface area contributed by atoms with E-state index in [4.69, 9.17) is 0 Å². The van der Waals surface area contributed by atoms with Crippen LogP contribution in [0.2, 0.25) is 0 Å². The van der Waals surface area contributed by atoms with Gasteiger partial charge in [-0.25, -0.2) is 0 Å². The SMILES string of the molecule is CC(=O)/C(C)=C(\C)CCCCC(C)C. The first-order valence-electron chi connectivity index (χ1n) is 5.62. The van der Waals surface area contributed by atoms with Crippen molar-refractivity contribution in [1.29, 1.82) is 0 Å². The minimum absolute atomic E-state index is 0.214. The number of hydrogen-bond acceptors (Lipinski definition) is 1. The van der Waals surface area contributed by atoms with Gasteiger partial charge < -0.3 is 0 Å². The van der Waals surface area contributed by atoms with Gasteiger partial charge in [0.05, 0.1) is 0 Å². The Balaban J connectivity index is 3.79. The lowest BCUT2D eigenvalue weighted by atomic mass is 9.99. The van der Waals surface area contributed by atoms with Gasteiger partial charge in [0.15, 0.2) is 5.78 Å². The average Bonchev–Trinajstić information content (AvgIpc) is 2.10. The molecule has 0 aromatic carbocycles. The second kappa shape index (κ2) is 6.80. The Kier molecular flexibility index (Phi) is 6.52. The molecule has 0 aliphatic carbocycles. The van der Waals surface area contributed by atoms with Crippen molar-refractivity contribution in [1.82, 2.24) is 0 Å². The molecule has 0 saturated carbocycles. The smallest absolute Gasteiger partial charge is 0.155 e. The largest absolute Gasteiger partial charge is 0.295 e. The summed E-state index contributed by atoms with van der Waals surface area (Å²) in [7, 11) is 0. The van der Waals surface area contributed by atoms with Crippen molar-refractivity contribution in [3.8, 4) is 0 Å². The highest BCUT2D eigenvalue weighted by molar-refractivity contribution is 5.93. The van der Waals surface area contributed by atoms with Crippen LogP contribution in [0.1, 0.15) is 60.3 Å². The Labute approximate surface area is 88.6 Å². The van der Waals surface area contributed by atoms with Gasteiger partial charge in [0.2, 0.25) is 0 Å². The Morgan fingerprint density at radius 1 is 1.07 bits per heavy atom. The number of allylic oxidation sites excluding steroid dienone is 2. The number of carbonyl (C=O) groups excluding carboxylic acids is 1. The maximum atomic E-state index is 11.1. The van der Waals surface area contributed by atoms with E-state index in [0.717, 1.165) is 17.9 Å². The van der Waals surface area contributed by atoms with Crippen molar-refractivity contribution in [2.24, 2.45) is 5.92 Å². The summed E-state index contributed by atoms with van der Waals surface area (Å²) in [6.45, 7) is 10.2. The zero-order valence-corrected chi connectivity index (χ0v) is 10.3. The summed E-state index contributed by atoms with van der Waals surface area (Å²) in [5.41, 5.74) is 2.22. The van der Waals surface area contributed by atoms with Crippen molar-refractivity contribution < 1.29 is 4.79 Å². The van der Waals surface area contributed by atoms with Gasteiger partial charge in [-0.3, -0.25) is 4.79 Å². The molecule has 0 aliphatic rings. The van der Waals surface area contributed by atoms with Crippen LogP contribution in [-0.2, 0) is 4.79 Å². The monoisotopic (exact) mass is 196 g/mol. The van der Waals surface area contributed by atoms with Gasteiger partial charge in [-0.2, -0.15) is 0 Å². The highest BCUT2D eigenvalue weighted by atomic mass is 16.1. The molecule has 0 saturated heterocycles. The number of hydrogen-bond donors (Lipinski definition) is 0. The van der Waals surface area contributed by atoms with Crippen molar-refractivity contribution in [3.63, 3.8) is 0 Å². The summed E-state index contributed by atoms with van der Waals surface area (Å²) in [4.78, 5) is 11.1. The quantitative estimate of drug-likeness (QED) is 0.461. The molecule has 0 bridgehead atoms. The third-order valence-corrected chi connectivity index (χ3v) is 2.75. The van der Waals surface area contributed by atoms with Crippen LogP contribution in [0.15, 0.2) is 11.1 Å². The van der Waals surface area contributed by atoms with Crippen LogP contribution in [0.25, 0.3) is 0 Å². The number of carbonyl (C=O) groups is 1. The van der Waals surface area contributed by atoms with Crippen molar-refractivity contribution in [3.05, 3.63) is 11.1 Å². The molecular formula is C13H24O. The molecule has 0 aromatic heterocycles. The molecule has 0 rings (SSSR count). The molecule has 0 N–H and O–H groups in total. The summed E-state index contributed by atoms with van der Waals surface area (Å²) < 4.78 is 0. The fraction of sp³-hybridized carbons (Fsp3) is 0.769. The predicted octanol–water partition coefficient (Wildman–Crippen LogP) is 4.13. The molecule has 0 atom stereocenters. The van der Waals surface area contributed by atoms with E-state index in [2.05, 4.69) is 20.8 Å². The zero-order valence-electron chi connectivity index (χ0n) is 10.3. The second-order valence-electron chi connectivity index (χ2n) is 4.60. The van der Waals surface area contributed by atoms with Gasteiger partial charge in [0.25, 0.3) is 0 Å². The van der Waals surface area contributed by atoms with Gasteiger partial charge in [0.1, 0.15) is 0 Å². The molecule has 0 aliphatic heterocycles. The highest BCUT2D eigenvalue weighted by Crippen LogP contribution is 2.15. The van der Waals surface area contributed by atoms with Crippen molar-refractivity contribution in [2.75, 3.05) is 0 Å². The van der Waals surface area contributed by atoms with Crippen LogP contribution < -0.4 is 0 Å². The summed E-state index contributed by atoms with van der Waals surface area (Å²) in [6, 6.07) is 0. The summed E-state index contributed by atoms with van der Waals surface area (Å²) in [6.07, 6.45) is 4.87. The van der Waals surface area contributed by atoms with Gasteiger partial charge in [-0.15, -0.1) is 0 Å². The average molecular weight is 196 g/mol. The first-order valence-corrected chi connectivity index (χ1v) is 5.62. The number of ketones is 1. The lowest BCUT2D eigenvalue weighted by molar-refractivity contribution is -0.113. The van der Waals surface area contributed by atoms with E-state index < -0.39 is 0 Å². The lowest BCUT2D eigenvalue weighted by Gasteiger charge is -2.06. The van der Waals surface area contributed by atoms with E-state index in [0.29, 0.717) is 0 Å². The lowest BCUT2D eigenvalue weighted by Crippen LogP contribution is -1.96. The zero-order chi connectivity index (χ0) is 11.1. The van der Waals surface area contributed by atoms with Gasteiger partial charge in [-0.05, 0) is 45.1 Å². The molecule has 0 amide bonds. The van der Waals surface area contributed by atoms with Gasteiger partial charge >= 0.3 is 0 Å². The molecule has 0 spiro atoms. The topological polar surface area (TPSA) is 17.1 Å². The third kappa shape index (κ3) is 5.95. The van der Waals surface area contributed by atoms with Crippen molar-refractivity contribution in [2.45, 2.75) is 60.3 Å². The highest BCUT2D eigenvalue weighted by Gasteiger charge is 2.02. The standard InChI is InChI=1S/C13H24O/c1-10(2)8-6-7-9-11(3)12(4)13(5)14/h10H,6-9H2,1-5H3/b12-11+. The molecule has 0 unspecified atom stereocenters. The maximum absolute atomic E-state index is 11.1. The summed E-state index contributed by atoms with van der Waals surface area (Å²) in [5, 5.41) is 0. The Morgan fingerprint density at radius 3 is 2.07 bits per heavy atom. The van der Waals surface area contributed by atoms with E-state index >= 15 is 0 Å². The van der Waals surface area contributed by atoms with E-state index in [1.807, 2.05) is 6.92 Å². The van der Waals surface area contributed by atoms with E-state index in [9.17, 15) is 4.79 Å². The molecule has 0 heterocycles. The summed E-state index contributed by atoms with van der Waals surface area (Å²) in [5.74, 6) is 1.01. The van der Waals surface area contributed by atoms with Crippen LogP contribution in [0.5, 0.6) is 0 Å².